The first-order chi connectivity index (χ1) is 14.2. The van der Waals surface area contributed by atoms with Gasteiger partial charge >= 0.3 is 6.03 Å². The first-order valence-corrected chi connectivity index (χ1v) is 10.5. The first kappa shape index (κ1) is 19.4. The second-order valence-electron chi connectivity index (χ2n) is 7.77. The number of hydrogen-bond acceptors (Lipinski definition) is 4. The molecule has 2 aliphatic heterocycles. The van der Waals surface area contributed by atoms with Crippen molar-refractivity contribution in [1.82, 2.24) is 25.0 Å². The number of aryl methyl sites for hydroxylation is 1. The lowest BCUT2D eigenvalue weighted by Crippen LogP contribution is -2.46. The second-order valence-corrected chi connectivity index (χ2v) is 7.77. The summed E-state index contributed by atoms with van der Waals surface area (Å²) in [6, 6.07) is 9.38. The monoisotopic (exact) mass is 396 g/mol. The number of benzene rings is 1. The molecule has 0 aliphatic carbocycles. The van der Waals surface area contributed by atoms with Crippen LogP contribution in [0.5, 0.6) is 0 Å². The molecule has 3 amide bonds. The zero-order valence-electron chi connectivity index (χ0n) is 16.6. The van der Waals surface area contributed by atoms with E-state index in [0.717, 1.165) is 43.1 Å². The highest BCUT2D eigenvalue weighted by Crippen LogP contribution is 2.20. The molecule has 0 bridgehead atoms. The van der Waals surface area contributed by atoms with E-state index in [0.29, 0.717) is 32.5 Å². The van der Waals surface area contributed by atoms with Crippen molar-refractivity contribution in [3.8, 4) is 0 Å². The second kappa shape index (κ2) is 9.07. The van der Waals surface area contributed by atoms with Gasteiger partial charge in [-0.1, -0.05) is 24.6 Å². The molecule has 3 heterocycles. The molecule has 1 saturated heterocycles. The van der Waals surface area contributed by atoms with Crippen LogP contribution in [0.4, 0.5) is 10.5 Å². The Kier molecular flexibility index (Phi) is 6.07. The van der Waals surface area contributed by atoms with E-state index in [2.05, 4.69) is 25.4 Å². The van der Waals surface area contributed by atoms with Crippen LogP contribution in [0.15, 0.2) is 30.3 Å². The van der Waals surface area contributed by atoms with Crippen LogP contribution < -0.4 is 10.6 Å². The summed E-state index contributed by atoms with van der Waals surface area (Å²) in [7, 11) is 0. The number of nitrogens with zero attached hydrogens (tertiary/aromatic N) is 4. The summed E-state index contributed by atoms with van der Waals surface area (Å²) in [6.45, 7) is 2.48. The van der Waals surface area contributed by atoms with E-state index in [1.165, 1.54) is 6.42 Å². The fourth-order valence-corrected chi connectivity index (χ4v) is 4.05. The highest BCUT2D eigenvalue weighted by Gasteiger charge is 2.27. The molecule has 1 aromatic heterocycles. The third kappa shape index (κ3) is 4.75. The zero-order chi connectivity index (χ0) is 20.1. The Morgan fingerprint density at radius 3 is 2.59 bits per heavy atom. The van der Waals surface area contributed by atoms with Gasteiger partial charge in [-0.3, -0.25) is 4.79 Å². The maximum Gasteiger partial charge on any atom is 0.317 e. The predicted molar refractivity (Wildman–Crippen MR) is 109 cm³/mol. The number of carbonyl (C=O) groups is 2. The summed E-state index contributed by atoms with van der Waals surface area (Å²) in [5.74, 6) is 1.82. The van der Waals surface area contributed by atoms with Gasteiger partial charge in [-0.05, 0) is 37.8 Å². The average Bonchev–Trinajstić information content (AvgIpc) is 2.98. The van der Waals surface area contributed by atoms with E-state index in [1.807, 2.05) is 30.3 Å². The summed E-state index contributed by atoms with van der Waals surface area (Å²) in [5, 5.41) is 14.5. The summed E-state index contributed by atoms with van der Waals surface area (Å²) >= 11 is 0. The number of para-hydroxylation sites is 1. The van der Waals surface area contributed by atoms with Gasteiger partial charge in [0, 0.05) is 37.7 Å². The Morgan fingerprint density at radius 2 is 1.79 bits per heavy atom. The highest BCUT2D eigenvalue weighted by molar-refractivity contribution is 5.92. The number of fused-ring (bicyclic) bond motifs is 1. The SMILES string of the molecule is O=C(Nc1ccccc1)C1CCN(C(=O)NCc2nnc3n2CCCCC3)CC1. The van der Waals surface area contributed by atoms with Gasteiger partial charge in [-0.25, -0.2) is 4.79 Å². The Hall–Kier alpha value is -2.90. The number of anilines is 1. The molecule has 4 rings (SSSR count). The molecule has 1 aromatic carbocycles. The van der Waals surface area contributed by atoms with E-state index in [9.17, 15) is 9.59 Å². The van der Waals surface area contributed by atoms with Crippen molar-refractivity contribution >= 4 is 17.6 Å². The quantitative estimate of drug-likeness (QED) is 0.831. The van der Waals surface area contributed by atoms with Crippen LogP contribution in [0.25, 0.3) is 0 Å². The number of carbonyl (C=O) groups excluding carboxylic acids is 2. The van der Waals surface area contributed by atoms with Gasteiger partial charge in [0.15, 0.2) is 5.82 Å². The number of aromatic nitrogens is 3. The molecule has 0 saturated carbocycles. The van der Waals surface area contributed by atoms with Crippen LogP contribution in [0, 0.1) is 5.92 Å². The minimum absolute atomic E-state index is 0.0300. The van der Waals surface area contributed by atoms with Crippen LogP contribution in [0.2, 0.25) is 0 Å². The van der Waals surface area contributed by atoms with Gasteiger partial charge < -0.3 is 20.1 Å². The molecule has 0 unspecified atom stereocenters. The van der Waals surface area contributed by atoms with E-state index in [1.54, 1.807) is 4.90 Å². The minimum atomic E-state index is -0.0992. The van der Waals surface area contributed by atoms with Gasteiger partial charge in [-0.15, -0.1) is 10.2 Å². The van der Waals surface area contributed by atoms with Gasteiger partial charge in [0.25, 0.3) is 0 Å². The Bertz CT molecular complexity index is 842. The van der Waals surface area contributed by atoms with Gasteiger partial charge in [0.2, 0.25) is 5.91 Å². The number of hydrogen-bond donors (Lipinski definition) is 2. The topological polar surface area (TPSA) is 92.2 Å². The standard InChI is InChI=1S/C21H28N6O2/c28-20(23-17-7-3-1-4-8-17)16-10-13-26(14-11-16)21(29)22-15-19-25-24-18-9-5-2-6-12-27(18)19/h1,3-4,7-8,16H,2,5-6,9-15H2,(H,22,29)(H,23,28). The molecular formula is C21H28N6O2. The van der Waals surface area contributed by atoms with E-state index in [-0.39, 0.29) is 17.9 Å². The molecule has 29 heavy (non-hydrogen) atoms. The number of amides is 3. The van der Waals surface area contributed by atoms with Gasteiger partial charge in [0.1, 0.15) is 5.82 Å². The molecule has 0 radical (unpaired) electrons. The summed E-state index contributed by atoms with van der Waals surface area (Å²) in [4.78, 5) is 26.8. The van der Waals surface area contributed by atoms with Gasteiger partial charge in [0.05, 0.1) is 6.54 Å². The van der Waals surface area contributed by atoms with Crippen LogP contribution in [-0.2, 0) is 24.3 Å². The lowest BCUT2D eigenvalue weighted by atomic mass is 9.96. The van der Waals surface area contributed by atoms with Crippen LogP contribution in [0.1, 0.15) is 43.8 Å². The van der Waals surface area contributed by atoms with Gasteiger partial charge in [-0.2, -0.15) is 0 Å². The normalized spacial score (nSPS) is 17.3. The largest absolute Gasteiger partial charge is 0.331 e. The van der Waals surface area contributed by atoms with Crippen LogP contribution in [0.3, 0.4) is 0 Å². The predicted octanol–water partition coefficient (Wildman–Crippen LogP) is 2.56. The fourth-order valence-electron chi connectivity index (χ4n) is 4.05. The van der Waals surface area contributed by atoms with Crippen molar-refractivity contribution < 1.29 is 9.59 Å². The smallest absolute Gasteiger partial charge is 0.317 e. The molecule has 8 nitrogen and oxygen atoms in total. The number of likely N-dealkylation sites (tertiary alicyclic amines) is 1. The molecule has 0 atom stereocenters. The van der Waals surface area contributed by atoms with Crippen LogP contribution in [-0.4, -0.2) is 44.7 Å². The molecule has 0 spiro atoms. The number of urea groups is 1. The fraction of sp³-hybridized carbons (Fsp3) is 0.524. The average molecular weight is 396 g/mol. The third-order valence-corrected chi connectivity index (χ3v) is 5.78. The number of nitrogens with one attached hydrogen (secondary N) is 2. The molecule has 8 heteroatoms. The van der Waals surface area contributed by atoms with E-state index in [4.69, 9.17) is 0 Å². The summed E-state index contributed by atoms with van der Waals surface area (Å²) < 4.78 is 2.15. The molecule has 1 fully saturated rings. The third-order valence-electron chi connectivity index (χ3n) is 5.78. The Balaban J connectivity index is 1.24. The molecule has 2 aromatic rings. The highest BCUT2D eigenvalue weighted by atomic mass is 16.2. The molecule has 154 valence electrons. The van der Waals surface area contributed by atoms with Crippen molar-refractivity contribution in [2.75, 3.05) is 18.4 Å². The maximum atomic E-state index is 12.6. The maximum absolute atomic E-state index is 12.6. The molecule has 2 N–H and O–H groups in total. The van der Waals surface area contributed by atoms with Crippen LogP contribution >= 0.6 is 0 Å². The number of rotatable bonds is 4. The lowest BCUT2D eigenvalue weighted by molar-refractivity contribution is -0.121. The van der Waals surface area contributed by atoms with Crippen molar-refractivity contribution in [2.45, 2.75) is 51.6 Å². The zero-order valence-corrected chi connectivity index (χ0v) is 16.6. The minimum Gasteiger partial charge on any atom is -0.331 e. The van der Waals surface area contributed by atoms with Crippen molar-refractivity contribution in [3.05, 3.63) is 42.0 Å². The number of piperidine rings is 1. The summed E-state index contributed by atoms with van der Waals surface area (Å²) in [5.41, 5.74) is 0.810. The van der Waals surface area contributed by atoms with E-state index >= 15 is 0 Å². The lowest BCUT2D eigenvalue weighted by Gasteiger charge is -2.31. The summed E-state index contributed by atoms with van der Waals surface area (Å²) in [6.07, 6.45) is 5.79. The molecule has 2 aliphatic rings. The molecular weight excluding hydrogens is 368 g/mol. The van der Waals surface area contributed by atoms with E-state index < -0.39 is 0 Å². The van der Waals surface area contributed by atoms with Crippen molar-refractivity contribution in [1.29, 1.82) is 0 Å². The van der Waals surface area contributed by atoms with Crippen molar-refractivity contribution in [2.24, 2.45) is 5.92 Å². The Morgan fingerprint density at radius 1 is 1.00 bits per heavy atom. The first-order valence-electron chi connectivity index (χ1n) is 10.5. The Labute approximate surface area is 170 Å². The van der Waals surface area contributed by atoms with Crippen molar-refractivity contribution in [3.63, 3.8) is 0 Å².